The zero-order valence-electron chi connectivity index (χ0n) is 24.5. The molecule has 4 aromatic carbocycles. The molecule has 1 aliphatic heterocycles. The molecule has 234 valence electrons. The number of halogens is 1. The zero-order chi connectivity index (χ0) is 33.1. The van der Waals surface area contributed by atoms with E-state index in [4.69, 9.17) is 0 Å². The van der Waals surface area contributed by atoms with Gasteiger partial charge in [0.25, 0.3) is 11.6 Å². The predicted molar refractivity (Wildman–Crippen MR) is 169 cm³/mol. The Balaban J connectivity index is 1.39. The fraction of sp³-hybridized carbons (Fsp3) is 0.0938. The molecule has 15 heteroatoms. The third-order valence-electron chi connectivity index (χ3n) is 7.34. The number of aromatic nitrogens is 4. The van der Waals surface area contributed by atoms with Crippen molar-refractivity contribution in [3.8, 4) is 11.4 Å². The number of nitro benzene ring substituents is 1. The summed E-state index contributed by atoms with van der Waals surface area (Å²) in [5.41, 5.74) is 1.96. The maximum Gasteiger partial charge on any atom is 0.321 e. The Bertz CT molecular complexity index is 2070. The monoisotopic (exact) mass is 633 g/mol. The molecule has 1 aromatic heterocycles. The van der Waals surface area contributed by atoms with Gasteiger partial charge in [0.05, 0.1) is 22.9 Å². The third kappa shape index (κ3) is 6.30. The summed E-state index contributed by atoms with van der Waals surface area (Å²) in [6, 6.07) is 21.8. The lowest BCUT2D eigenvalue weighted by atomic mass is 9.97. The van der Waals surface area contributed by atoms with E-state index in [-0.39, 0.29) is 28.2 Å². The molecule has 1 aliphatic rings. The van der Waals surface area contributed by atoms with Crippen LogP contribution in [0.5, 0.6) is 0 Å². The Hall–Kier alpha value is -6.64. The number of Topliss-reactive ketones (excluding diaryl/α,β-unsaturated/α-hetero) is 1. The highest BCUT2D eigenvalue weighted by molar-refractivity contribution is 6.22. The standard InChI is InChI=1S/C32H24FN9O5/c1-18-7-4-13-24-27(23-12-2-3-14-25(23)33)35-30(36-32(45)34-21-10-5-9-20(15-21)29-37-39-40-38-29)31(44)41(28(18)24)17-26(43)19-8-6-11-22(16-19)42(46)47/h2-16,30H,17H2,1H3,(H2,34,36,45)(H,37,38,39,40)/t30-/m0/s1. The average molecular weight is 634 g/mol. The van der Waals surface area contributed by atoms with E-state index in [1.807, 2.05) is 0 Å². The summed E-state index contributed by atoms with van der Waals surface area (Å²) in [4.78, 5) is 57.6. The number of benzodiazepines with no additional fused rings is 1. The van der Waals surface area contributed by atoms with Crippen molar-refractivity contribution in [3.63, 3.8) is 0 Å². The molecule has 3 N–H and O–H groups in total. The van der Waals surface area contributed by atoms with E-state index < -0.39 is 41.2 Å². The first-order valence-electron chi connectivity index (χ1n) is 14.1. The molecule has 0 saturated carbocycles. The van der Waals surface area contributed by atoms with Crippen LogP contribution in [0.2, 0.25) is 0 Å². The number of benzene rings is 4. The van der Waals surface area contributed by atoms with Gasteiger partial charge < -0.3 is 15.5 Å². The first-order valence-corrected chi connectivity index (χ1v) is 14.1. The van der Waals surface area contributed by atoms with Gasteiger partial charge in [0.1, 0.15) is 5.82 Å². The minimum atomic E-state index is -1.61. The van der Waals surface area contributed by atoms with Crippen molar-refractivity contribution >= 4 is 40.5 Å². The minimum absolute atomic E-state index is 0.00529. The van der Waals surface area contributed by atoms with Gasteiger partial charge in [0, 0.05) is 40.1 Å². The lowest BCUT2D eigenvalue weighted by Gasteiger charge is -2.26. The number of para-hydroxylation sites is 1. The molecular formula is C32H24FN9O5. The van der Waals surface area contributed by atoms with Gasteiger partial charge in [-0.25, -0.2) is 19.3 Å². The molecule has 0 unspecified atom stereocenters. The number of nitrogens with one attached hydrogen (secondary N) is 3. The molecule has 5 aromatic rings. The van der Waals surface area contributed by atoms with Crippen LogP contribution in [-0.2, 0) is 4.79 Å². The van der Waals surface area contributed by atoms with Gasteiger partial charge in [-0.2, -0.15) is 0 Å². The molecule has 0 bridgehead atoms. The molecule has 0 aliphatic carbocycles. The molecular weight excluding hydrogens is 609 g/mol. The van der Waals surface area contributed by atoms with Crippen molar-refractivity contribution in [2.75, 3.05) is 16.8 Å². The van der Waals surface area contributed by atoms with Crippen LogP contribution in [0.1, 0.15) is 27.0 Å². The number of carbonyl (C=O) groups is 3. The quantitative estimate of drug-likeness (QED) is 0.127. The Morgan fingerprint density at radius 2 is 1.77 bits per heavy atom. The molecule has 14 nitrogen and oxygen atoms in total. The van der Waals surface area contributed by atoms with Gasteiger partial charge in [-0.3, -0.25) is 19.7 Å². The first kappa shape index (κ1) is 30.4. The molecule has 47 heavy (non-hydrogen) atoms. The topological polar surface area (TPSA) is 188 Å². The maximum absolute atomic E-state index is 15.3. The fourth-order valence-corrected chi connectivity index (χ4v) is 5.18. The van der Waals surface area contributed by atoms with Crippen LogP contribution < -0.4 is 15.5 Å². The number of aryl methyl sites for hydroxylation is 1. The Morgan fingerprint density at radius 1 is 1.00 bits per heavy atom. The summed E-state index contributed by atoms with van der Waals surface area (Å²) in [6.07, 6.45) is -1.61. The first-order chi connectivity index (χ1) is 22.7. The Morgan fingerprint density at radius 3 is 2.53 bits per heavy atom. The highest BCUT2D eigenvalue weighted by atomic mass is 19.1. The number of H-pyrrole nitrogens is 1. The van der Waals surface area contributed by atoms with E-state index in [2.05, 4.69) is 36.3 Å². The second kappa shape index (κ2) is 12.8. The van der Waals surface area contributed by atoms with Crippen LogP contribution in [0.4, 0.5) is 26.2 Å². The summed E-state index contributed by atoms with van der Waals surface area (Å²) in [5.74, 6) is -1.65. The van der Waals surface area contributed by atoms with Crippen molar-refractivity contribution < 1.29 is 23.7 Å². The number of ketones is 1. The molecule has 2 heterocycles. The number of amides is 3. The number of fused-ring (bicyclic) bond motifs is 1. The highest BCUT2D eigenvalue weighted by Crippen LogP contribution is 2.32. The number of urea groups is 1. The van der Waals surface area contributed by atoms with Gasteiger partial charge >= 0.3 is 6.03 Å². The van der Waals surface area contributed by atoms with Crippen molar-refractivity contribution in [2.24, 2.45) is 4.99 Å². The molecule has 0 spiro atoms. The van der Waals surface area contributed by atoms with E-state index in [0.29, 0.717) is 28.2 Å². The molecule has 0 fully saturated rings. The highest BCUT2D eigenvalue weighted by Gasteiger charge is 2.36. The number of hydrogen-bond acceptors (Lipinski definition) is 9. The van der Waals surface area contributed by atoms with E-state index >= 15 is 4.39 Å². The maximum atomic E-state index is 15.3. The smallest absolute Gasteiger partial charge is 0.308 e. The second-order valence-corrected chi connectivity index (χ2v) is 10.4. The summed E-state index contributed by atoms with van der Waals surface area (Å²) >= 11 is 0. The zero-order valence-corrected chi connectivity index (χ0v) is 24.5. The van der Waals surface area contributed by atoms with Crippen LogP contribution in [-0.4, -0.2) is 61.7 Å². The number of anilines is 2. The molecule has 1 atom stereocenters. The molecule has 6 rings (SSSR count). The van der Waals surface area contributed by atoms with Crippen molar-refractivity contribution in [1.29, 1.82) is 0 Å². The summed E-state index contributed by atoms with van der Waals surface area (Å²) < 4.78 is 15.3. The van der Waals surface area contributed by atoms with E-state index in [9.17, 15) is 24.5 Å². The average Bonchev–Trinajstić information content (AvgIpc) is 3.58. The fourth-order valence-electron chi connectivity index (χ4n) is 5.18. The van der Waals surface area contributed by atoms with E-state index in [1.54, 1.807) is 55.5 Å². The van der Waals surface area contributed by atoms with Crippen molar-refractivity contribution in [1.82, 2.24) is 25.9 Å². The minimum Gasteiger partial charge on any atom is -0.308 e. The van der Waals surface area contributed by atoms with Gasteiger partial charge in [0.2, 0.25) is 6.17 Å². The van der Waals surface area contributed by atoms with Crippen LogP contribution in [0.15, 0.2) is 96.0 Å². The largest absolute Gasteiger partial charge is 0.321 e. The molecule has 0 radical (unpaired) electrons. The summed E-state index contributed by atoms with van der Waals surface area (Å²) in [7, 11) is 0. The normalized spacial score (nSPS) is 14.1. The Labute approximate surface area is 265 Å². The van der Waals surface area contributed by atoms with Crippen LogP contribution in [0, 0.1) is 22.9 Å². The third-order valence-corrected chi connectivity index (χ3v) is 7.34. The van der Waals surface area contributed by atoms with Crippen molar-refractivity contribution in [3.05, 3.63) is 129 Å². The van der Waals surface area contributed by atoms with E-state index in [1.165, 1.54) is 36.4 Å². The number of tetrazole rings is 1. The summed E-state index contributed by atoms with van der Waals surface area (Å²) in [5, 5.41) is 30.1. The molecule has 0 saturated heterocycles. The van der Waals surface area contributed by atoms with Crippen LogP contribution in [0.3, 0.4) is 0 Å². The Kier molecular flexibility index (Phi) is 8.25. The van der Waals surface area contributed by atoms with Crippen LogP contribution in [0.25, 0.3) is 11.4 Å². The SMILES string of the molecule is Cc1cccc2c1N(CC(=O)c1cccc([N+](=O)[O-])c1)C(=O)[C@H](NC(=O)Nc1cccc(-c3nnn[nH]3)c1)N=C2c1ccccc1F. The predicted octanol–water partition coefficient (Wildman–Crippen LogP) is 4.44. The number of carbonyl (C=O) groups excluding carboxylic acids is 3. The summed E-state index contributed by atoms with van der Waals surface area (Å²) in [6.45, 7) is 1.17. The van der Waals surface area contributed by atoms with Gasteiger partial charge in [-0.05, 0) is 47.2 Å². The van der Waals surface area contributed by atoms with Gasteiger partial charge in [-0.1, -0.05) is 54.6 Å². The van der Waals surface area contributed by atoms with Crippen LogP contribution >= 0.6 is 0 Å². The number of aliphatic imine (C=N–C) groups is 1. The van der Waals surface area contributed by atoms with E-state index in [0.717, 1.165) is 11.0 Å². The number of nitrogens with zero attached hydrogens (tertiary/aromatic N) is 6. The van der Waals surface area contributed by atoms with Gasteiger partial charge in [-0.15, -0.1) is 5.10 Å². The number of rotatable bonds is 8. The number of non-ortho nitro benzene ring substituents is 1. The molecule has 3 amide bonds. The second-order valence-electron chi connectivity index (χ2n) is 10.4. The lowest BCUT2D eigenvalue weighted by Crippen LogP contribution is -2.50. The number of hydrogen-bond donors (Lipinski definition) is 3. The lowest BCUT2D eigenvalue weighted by molar-refractivity contribution is -0.384. The number of aromatic amines is 1. The number of nitro groups is 1. The van der Waals surface area contributed by atoms with Crippen molar-refractivity contribution in [2.45, 2.75) is 13.1 Å². The van der Waals surface area contributed by atoms with Gasteiger partial charge in [0.15, 0.2) is 11.6 Å².